The summed E-state index contributed by atoms with van der Waals surface area (Å²) in [5.41, 5.74) is 1.96. The molecule has 7 heteroatoms. The number of morpholine rings is 1. The summed E-state index contributed by atoms with van der Waals surface area (Å²) in [7, 11) is 0. The van der Waals surface area contributed by atoms with E-state index in [1.165, 1.54) is 12.1 Å². The van der Waals surface area contributed by atoms with E-state index in [-0.39, 0.29) is 11.9 Å². The number of hydrogen-bond donors (Lipinski definition) is 3. The Hall–Kier alpha value is -2.48. The molecule has 2 atom stereocenters. The van der Waals surface area contributed by atoms with Gasteiger partial charge in [0, 0.05) is 26.2 Å². The molecule has 0 aliphatic carbocycles. The summed E-state index contributed by atoms with van der Waals surface area (Å²) in [6.45, 7) is 6.94. The smallest absolute Gasteiger partial charge is 0.191 e. The maximum absolute atomic E-state index is 13.4. The van der Waals surface area contributed by atoms with E-state index < -0.39 is 6.10 Å². The van der Waals surface area contributed by atoms with Crippen molar-refractivity contribution in [3.63, 3.8) is 0 Å². The van der Waals surface area contributed by atoms with Crippen molar-refractivity contribution in [2.75, 3.05) is 45.9 Å². The summed E-state index contributed by atoms with van der Waals surface area (Å²) in [5, 5.41) is 17.0. The molecule has 2 aromatic rings. The summed E-state index contributed by atoms with van der Waals surface area (Å²) >= 11 is 0. The van der Waals surface area contributed by atoms with Gasteiger partial charge in [0.15, 0.2) is 5.96 Å². The van der Waals surface area contributed by atoms with Crippen LogP contribution in [0.15, 0.2) is 59.6 Å². The number of benzene rings is 2. The molecule has 31 heavy (non-hydrogen) atoms. The lowest BCUT2D eigenvalue weighted by molar-refractivity contribution is 0.0179. The number of nitrogens with one attached hydrogen (secondary N) is 2. The van der Waals surface area contributed by atoms with Gasteiger partial charge in [0.2, 0.25) is 0 Å². The molecule has 0 amide bonds. The van der Waals surface area contributed by atoms with Gasteiger partial charge in [0.25, 0.3) is 0 Å². The molecule has 1 aliphatic heterocycles. The van der Waals surface area contributed by atoms with Crippen molar-refractivity contribution in [1.29, 1.82) is 0 Å². The van der Waals surface area contributed by atoms with Crippen LogP contribution in [0, 0.1) is 5.82 Å². The van der Waals surface area contributed by atoms with E-state index in [1.54, 1.807) is 0 Å². The second-order valence-electron chi connectivity index (χ2n) is 7.58. The van der Waals surface area contributed by atoms with Crippen molar-refractivity contribution in [2.45, 2.75) is 25.5 Å². The minimum atomic E-state index is -0.517. The predicted molar refractivity (Wildman–Crippen MR) is 122 cm³/mol. The maximum atomic E-state index is 13.4. The summed E-state index contributed by atoms with van der Waals surface area (Å²) in [6, 6.07) is 16.4. The monoisotopic (exact) mass is 428 g/mol. The van der Waals surface area contributed by atoms with E-state index >= 15 is 0 Å². The fourth-order valence-corrected chi connectivity index (χ4v) is 3.69. The Bertz CT molecular complexity index is 795. The molecule has 3 N–H and O–H groups in total. The minimum Gasteiger partial charge on any atom is -0.388 e. The zero-order valence-corrected chi connectivity index (χ0v) is 18.1. The number of guanidine groups is 1. The molecule has 168 valence electrons. The van der Waals surface area contributed by atoms with Crippen LogP contribution in [0.5, 0.6) is 0 Å². The zero-order chi connectivity index (χ0) is 21.9. The largest absolute Gasteiger partial charge is 0.388 e. The molecule has 0 radical (unpaired) electrons. The van der Waals surface area contributed by atoms with E-state index in [4.69, 9.17) is 9.73 Å². The third-order valence-corrected chi connectivity index (χ3v) is 5.40. The van der Waals surface area contributed by atoms with E-state index in [2.05, 4.69) is 15.5 Å². The second kappa shape index (κ2) is 12.4. The van der Waals surface area contributed by atoms with Gasteiger partial charge in [0.05, 0.1) is 31.9 Å². The lowest BCUT2D eigenvalue weighted by Crippen LogP contribution is -2.42. The molecule has 1 heterocycles. The SMILES string of the molecule is CCNC(=NCC(c1ccc(F)cc1)N1CCOCC1)NCCC(O)c1ccccc1. The number of hydrogen-bond acceptors (Lipinski definition) is 4. The van der Waals surface area contributed by atoms with E-state index in [0.29, 0.717) is 38.7 Å². The number of halogens is 1. The Balaban J connectivity index is 1.62. The molecular weight excluding hydrogens is 395 g/mol. The Morgan fingerprint density at radius 3 is 2.45 bits per heavy atom. The molecule has 6 nitrogen and oxygen atoms in total. The molecular formula is C24H33FN4O2. The number of nitrogens with zero attached hydrogens (tertiary/aromatic N) is 2. The molecule has 1 fully saturated rings. The summed E-state index contributed by atoms with van der Waals surface area (Å²) < 4.78 is 18.9. The van der Waals surface area contributed by atoms with Crippen molar-refractivity contribution in [1.82, 2.24) is 15.5 Å². The van der Waals surface area contributed by atoms with Crippen molar-refractivity contribution >= 4 is 5.96 Å². The van der Waals surface area contributed by atoms with Crippen molar-refractivity contribution in [3.8, 4) is 0 Å². The van der Waals surface area contributed by atoms with E-state index in [9.17, 15) is 9.50 Å². The van der Waals surface area contributed by atoms with Gasteiger partial charge in [-0.15, -0.1) is 0 Å². The highest BCUT2D eigenvalue weighted by molar-refractivity contribution is 5.79. The quantitative estimate of drug-likeness (QED) is 0.423. The highest BCUT2D eigenvalue weighted by Crippen LogP contribution is 2.23. The molecule has 0 spiro atoms. The van der Waals surface area contributed by atoms with Crippen LogP contribution in [0.1, 0.15) is 36.6 Å². The summed E-state index contributed by atoms with van der Waals surface area (Å²) in [6.07, 6.45) is 0.0659. The average Bonchev–Trinajstić information content (AvgIpc) is 2.81. The number of aliphatic hydroxyl groups is 1. The van der Waals surface area contributed by atoms with Gasteiger partial charge in [-0.2, -0.15) is 0 Å². The number of rotatable bonds is 9. The van der Waals surface area contributed by atoms with E-state index in [0.717, 1.165) is 30.8 Å². The fraction of sp³-hybridized carbons (Fsp3) is 0.458. The van der Waals surface area contributed by atoms with Crippen LogP contribution in [0.4, 0.5) is 4.39 Å². The third-order valence-electron chi connectivity index (χ3n) is 5.40. The predicted octanol–water partition coefficient (Wildman–Crippen LogP) is 2.88. The number of aliphatic hydroxyl groups excluding tert-OH is 1. The first kappa shape index (κ1) is 23.2. The summed E-state index contributed by atoms with van der Waals surface area (Å²) in [5.74, 6) is 0.475. The van der Waals surface area contributed by atoms with Crippen LogP contribution in [-0.4, -0.2) is 61.9 Å². The number of ether oxygens (including phenoxy) is 1. The third kappa shape index (κ3) is 7.31. The first-order valence-corrected chi connectivity index (χ1v) is 11.0. The summed E-state index contributed by atoms with van der Waals surface area (Å²) in [4.78, 5) is 7.13. The Morgan fingerprint density at radius 1 is 1.06 bits per heavy atom. The van der Waals surface area contributed by atoms with E-state index in [1.807, 2.05) is 49.4 Å². The lowest BCUT2D eigenvalue weighted by atomic mass is 10.0. The zero-order valence-electron chi connectivity index (χ0n) is 18.1. The van der Waals surface area contributed by atoms with Gasteiger partial charge in [-0.05, 0) is 36.6 Å². The molecule has 2 unspecified atom stereocenters. The molecule has 1 saturated heterocycles. The van der Waals surface area contributed by atoms with Crippen LogP contribution < -0.4 is 10.6 Å². The van der Waals surface area contributed by atoms with Gasteiger partial charge in [-0.25, -0.2) is 4.39 Å². The molecule has 0 bridgehead atoms. The molecule has 0 aromatic heterocycles. The minimum absolute atomic E-state index is 0.0508. The van der Waals surface area contributed by atoms with Crippen LogP contribution in [0.25, 0.3) is 0 Å². The van der Waals surface area contributed by atoms with Crippen molar-refractivity contribution in [2.24, 2.45) is 4.99 Å². The number of aliphatic imine (C=N–C) groups is 1. The Kier molecular flexibility index (Phi) is 9.27. The maximum Gasteiger partial charge on any atom is 0.191 e. The van der Waals surface area contributed by atoms with Crippen LogP contribution in [-0.2, 0) is 4.74 Å². The molecule has 0 saturated carbocycles. The highest BCUT2D eigenvalue weighted by Gasteiger charge is 2.22. The fourth-order valence-electron chi connectivity index (χ4n) is 3.69. The first-order chi connectivity index (χ1) is 15.2. The van der Waals surface area contributed by atoms with Crippen molar-refractivity contribution in [3.05, 3.63) is 71.5 Å². The lowest BCUT2D eigenvalue weighted by Gasteiger charge is -2.34. The van der Waals surface area contributed by atoms with Gasteiger partial charge in [-0.3, -0.25) is 9.89 Å². The topological polar surface area (TPSA) is 69.1 Å². The normalized spacial score (nSPS) is 17.2. The average molecular weight is 429 g/mol. The molecule has 2 aromatic carbocycles. The molecule has 3 rings (SSSR count). The van der Waals surface area contributed by atoms with Gasteiger partial charge in [0.1, 0.15) is 5.82 Å². The second-order valence-corrected chi connectivity index (χ2v) is 7.58. The highest BCUT2D eigenvalue weighted by atomic mass is 19.1. The van der Waals surface area contributed by atoms with Crippen molar-refractivity contribution < 1.29 is 14.2 Å². The molecule has 1 aliphatic rings. The van der Waals surface area contributed by atoms with Crippen LogP contribution in [0.2, 0.25) is 0 Å². The van der Waals surface area contributed by atoms with Crippen LogP contribution >= 0.6 is 0 Å². The Labute approximate surface area is 184 Å². The first-order valence-electron chi connectivity index (χ1n) is 11.0. The van der Waals surface area contributed by atoms with Gasteiger partial charge < -0.3 is 20.5 Å². The van der Waals surface area contributed by atoms with Crippen LogP contribution in [0.3, 0.4) is 0 Å². The Morgan fingerprint density at radius 2 is 1.77 bits per heavy atom. The van der Waals surface area contributed by atoms with Gasteiger partial charge >= 0.3 is 0 Å². The standard InChI is InChI=1S/C24H33FN4O2/c1-2-26-24(27-13-12-23(30)20-6-4-3-5-7-20)28-18-22(29-14-16-31-17-15-29)19-8-10-21(25)11-9-19/h3-11,22-23,30H,2,12-18H2,1H3,(H2,26,27,28). The van der Waals surface area contributed by atoms with Gasteiger partial charge in [-0.1, -0.05) is 42.5 Å².